The average Bonchev–Trinajstić information content (AvgIpc) is 3.40. The van der Waals surface area contributed by atoms with E-state index in [1.54, 1.807) is 4.68 Å². The first kappa shape index (κ1) is 18.7. The fraction of sp³-hybridized carbons (Fsp3) is 0.364. The first-order valence-corrected chi connectivity index (χ1v) is 10.2. The molecule has 0 aromatic carbocycles. The highest BCUT2D eigenvalue weighted by molar-refractivity contribution is 5.77. The van der Waals surface area contributed by atoms with Gasteiger partial charge in [-0.2, -0.15) is 5.10 Å². The molecular formula is C22H24FN7. The topological polar surface area (TPSA) is 64.7 Å². The lowest BCUT2D eigenvalue weighted by Gasteiger charge is -2.27. The Morgan fingerprint density at radius 2 is 1.87 bits per heavy atom. The van der Waals surface area contributed by atoms with Gasteiger partial charge in [0.15, 0.2) is 5.65 Å². The van der Waals surface area contributed by atoms with Gasteiger partial charge < -0.3 is 9.47 Å². The van der Waals surface area contributed by atoms with Gasteiger partial charge in [0.1, 0.15) is 23.0 Å². The summed E-state index contributed by atoms with van der Waals surface area (Å²) in [5.41, 5.74) is 2.90. The van der Waals surface area contributed by atoms with E-state index in [9.17, 15) is 4.39 Å². The van der Waals surface area contributed by atoms with Crippen molar-refractivity contribution in [2.24, 2.45) is 7.05 Å². The van der Waals surface area contributed by atoms with Crippen LogP contribution in [0.2, 0.25) is 0 Å². The van der Waals surface area contributed by atoms with Crippen molar-refractivity contribution in [3.8, 4) is 11.4 Å². The second-order valence-corrected chi connectivity index (χ2v) is 8.09. The summed E-state index contributed by atoms with van der Waals surface area (Å²) in [6.07, 6.45) is 7.33. The van der Waals surface area contributed by atoms with Gasteiger partial charge >= 0.3 is 0 Å². The Hall–Kier alpha value is -3.29. The highest BCUT2D eigenvalue weighted by Gasteiger charge is 2.28. The minimum atomic E-state index is -0.401. The molecule has 1 aliphatic rings. The number of fused-ring (bicyclic) bond motifs is 1. The highest BCUT2D eigenvalue weighted by Crippen LogP contribution is 2.31. The maximum Gasteiger partial charge on any atom is 0.160 e. The van der Waals surface area contributed by atoms with Gasteiger partial charge in [-0.3, -0.25) is 4.68 Å². The fourth-order valence-corrected chi connectivity index (χ4v) is 4.38. The largest absolute Gasteiger partial charge is 0.351 e. The van der Waals surface area contributed by atoms with Crippen molar-refractivity contribution >= 4 is 17.0 Å². The number of anilines is 1. The number of halogens is 1. The molecule has 0 N–H and O–H groups in total. The Morgan fingerprint density at radius 3 is 2.53 bits per heavy atom. The van der Waals surface area contributed by atoms with Crippen LogP contribution in [0.5, 0.6) is 0 Å². The van der Waals surface area contributed by atoms with Gasteiger partial charge in [-0.1, -0.05) is 0 Å². The van der Waals surface area contributed by atoms with E-state index >= 15 is 0 Å². The molecule has 0 radical (unpaired) electrons. The van der Waals surface area contributed by atoms with Gasteiger partial charge in [0.05, 0.1) is 18.4 Å². The third-order valence-electron chi connectivity index (χ3n) is 5.86. The molecule has 1 aliphatic heterocycles. The molecule has 4 aromatic heterocycles. The van der Waals surface area contributed by atoms with Crippen molar-refractivity contribution in [1.82, 2.24) is 29.3 Å². The zero-order valence-corrected chi connectivity index (χ0v) is 17.3. The van der Waals surface area contributed by atoms with Crippen LogP contribution < -0.4 is 4.90 Å². The summed E-state index contributed by atoms with van der Waals surface area (Å²) in [4.78, 5) is 16.1. The van der Waals surface area contributed by atoms with E-state index in [1.165, 1.54) is 25.1 Å². The number of imidazole rings is 1. The lowest BCUT2D eigenvalue weighted by molar-refractivity contribution is 0.623. The maximum absolute atomic E-state index is 13.8. The summed E-state index contributed by atoms with van der Waals surface area (Å²) < 4.78 is 17.5. The van der Waals surface area contributed by atoms with Gasteiger partial charge in [-0.25, -0.2) is 19.3 Å². The van der Waals surface area contributed by atoms with Crippen LogP contribution in [0.3, 0.4) is 0 Å². The minimum Gasteiger partial charge on any atom is -0.351 e. The van der Waals surface area contributed by atoms with Gasteiger partial charge in [-0.15, -0.1) is 0 Å². The zero-order chi connectivity index (χ0) is 20.8. The monoisotopic (exact) mass is 405 g/mol. The van der Waals surface area contributed by atoms with Crippen LogP contribution in [0.15, 0.2) is 42.9 Å². The number of aromatic nitrogens is 6. The van der Waals surface area contributed by atoms with Crippen molar-refractivity contribution < 1.29 is 4.39 Å². The molecule has 1 fully saturated rings. The Balaban J connectivity index is 1.57. The SMILES string of the molecule is C[C@H]1CC[C@H](C)N1c1ccc(-c2nc3cc(F)cnc3n2Cc2ccn(C)n2)cn1. The number of hydrogen-bond donors (Lipinski definition) is 0. The van der Waals surface area contributed by atoms with Gasteiger partial charge in [0.2, 0.25) is 0 Å². The number of hydrogen-bond acceptors (Lipinski definition) is 5. The Kier molecular flexibility index (Phi) is 4.49. The lowest BCUT2D eigenvalue weighted by Crippen LogP contribution is -2.33. The van der Waals surface area contributed by atoms with Crippen molar-refractivity contribution in [3.05, 3.63) is 54.4 Å². The van der Waals surface area contributed by atoms with Crippen LogP contribution in [0.1, 0.15) is 32.4 Å². The van der Waals surface area contributed by atoms with E-state index < -0.39 is 5.82 Å². The standard InChI is InChI=1S/C22H24FN7/c1-14-4-5-15(2)30(14)20-7-6-16(11-24-20)21-26-19-10-17(23)12-25-22(19)29(21)13-18-8-9-28(3)27-18/h6-12,14-15H,4-5,13H2,1-3H3/t14-,15-/m0/s1. The molecule has 5 rings (SSSR count). The highest BCUT2D eigenvalue weighted by atomic mass is 19.1. The second-order valence-electron chi connectivity index (χ2n) is 8.09. The Labute approximate surface area is 174 Å². The summed E-state index contributed by atoms with van der Waals surface area (Å²) in [7, 11) is 1.88. The van der Waals surface area contributed by atoms with Crippen molar-refractivity contribution in [2.75, 3.05) is 4.90 Å². The second kappa shape index (κ2) is 7.19. The van der Waals surface area contributed by atoms with Gasteiger partial charge in [0.25, 0.3) is 0 Å². The molecule has 30 heavy (non-hydrogen) atoms. The van der Waals surface area contributed by atoms with Crippen LogP contribution in [-0.4, -0.2) is 41.4 Å². The number of aryl methyl sites for hydroxylation is 1. The van der Waals surface area contributed by atoms with Gasteiger partial charge in [0, 0.05) is 43.2 Å². The molecule has 0 bridgehead atoms. The Bertz CT molecular complexity index is 1180. The number of nitrogens with zero attached hydrogens (tertiary/aromatic N) is 7. The first-order valence-electron chi connectivity index (χ1n) is 10.2. The maximum atomic E-state index is 13.8. The van der Waals surface area contributed by atoms with E-state index in [0.29, 0.717) is 35.6 Å². The molecule has 154 valence electrons. The molecular weight excluding hydrogens is 381 g/mol. The molecule has 0 amide bonds. The van der Waals surface area contributed by atoms with Crippen LogP contribution in [0.25, 0.3) is 22.6 Å². The van der Waals surface area contributed by atoms with Crippen LogP contribution in [-0.2, 0) is 13.6 Å². The number of pyridine rings is 2. The minimum absolute atomic E-state index is 0.401. The zero-order valence-electron chi connectivity index (χ0n) is 17.3. The smallest absolute Gasteiger partial charge is 0.160 e. The van der Waals surface area contributed by atoms with E-state index in [1.807, 2.05) is 42.2 Å². The Morgan fingerprint density at radius 1 is 1.07 bits per heavy atom. The molecule has 2 atom stereocenters. The predicted octanol–water partition coefficient (Wildman–Crippen LogP) is 3.79. The lowest BCUT2D eigenvalue weighted by atomic mass is 10.2. The molecule has 0 unspecified atom stereocenters. The molecule has 8 heteroatoms. The summed E-state index contributed by atoms with van der Waals surface area (Å²) >= 11 is 0. The van der Waals surface area contributed by atoms with Gasteiger partial charge in [-0.05, 0) is 44.9 Å². The molecule has 7 nitrogen and oxygen atoms in total. The fourth-order valence-electron chi connectivity index (χ4n) is 4.38. The van der Waals surface area contributed by atoms with Crippen molar-refractivity contribution in [3.63, 3.8) is 0 Å². The summed E-state index contributed by atoms with van der Waals surface area (Å²) in [6.45, 7) is 4.98. The molecule has 0 aliphatic carbocycles. The molecule has 5 heterocycles. The molecule has 1 saturated heterocycles. The van der Waals surface area contributed by atoms with Crippen LogP contribution in [0, 0.1) is 5.82 Å². The molecule has 0 saturated carbocycles. The van der Waals surface area contributed by atoms with E-state index in [2.05, 4.69) is 33.8 Å². The van der Waals surface area contributed by atoms with Crippen molar-refractivity contribution in [1.29, 1.82) is 0 Å². The normalized spacial score (nSPS) is 19.1. The first-order chi connectivity index (χ1) is 14.5. The van der Waals surface area contributed by atoms with Crippen LogP contribution in [0.4, 0.5) is 10.2 Å². The summed E-state index contributed by atoms with van der Waals surface area (Å²) in [6, 6.07) is 8.42. The third kappa shape index (κ3) is 3.22. The average molecular weight is 405 g/mol. The third-order valence-corrected chi connectivity index (χ3v) is 5.86. The van der Waals surface area contributed by atoms with Crippen LogP contribution >= 0.6 is 0 Å². The molecule has 0 spiro atoms. The van der Waals surface area contributed by atoms with Crippen molar-refractivity contribution in [2.45, 2.75) is 45.3 Å². The van der Waals surface area contributed by atoms with E-state index in [-0.39, 0.29) is 0 Å². The number of rotatable bonds is 4. The summed E-state index contributed by atoms with van der Waals surface area (Å²) in [5, 5.41) is 4.47. The summed E-state index contributed by atoms with van der Waals surface area (Å²) in [5.74, 6) is 1.28. The quantitative estimate of drug-likeness (QED) is 0.517. The van der Waals surface area contributed by atoms with E-state index in [0.717, 1.165) is 17.1 Å². The predicted molar refractivity (Wildman–Crippen MR) is 114 cm³/mol. The van der Waals surface area contributed by atoms with E-state index in [4.69, 9.17) is 4.98 Å². The molecule has 4 aromatic rings.